The summed E-state index contributed by atoms with van der Waals surface area (Å²) in [5.41, 5.74) is 2.36. The molecule has 0 spiro atoms. The van der Waals surface area contributed by atoms with Crippen molar-refractivity contribution >= 4 is 6.03 Å². The van der Waals surface area contributed by atoms with Gasteiger partial charge in [-0.1, -0.05) is 48.5 Å². The number of carbonyl (C=O) groups excluding carboxylic acids is 1. The Labute approximate surface area is 155 Å². The highest BCUT2D eigenvalue weighted by Gasteiger charge is 2.20. The number of hydrogen-bond donors (Lipinski definition) is 1. The molecule has 1 heterocycles. The van der Waals surface area contributed by atoms with Crippen molar-refractivity contribution in [1.29, 1.82) is 0 Å². The molecule has 1 saturated heterocycles. The van der Waals surface area contributed by atoms with Gasteiger partial charge in [0.15, 0.2) is 0 Å². The van der Waals surface area contributed by atoms with Crippen molar-refractivity contribution in [3.63, 3.8) is 0 Å². The summed E-state index contributed by atoms with van der Waals surface area (Å²) in [4.78, 5) is 16.7. The quantitative estimate of drug-likeness (QED) is 0.869. The van der Waals surface area contributed by atoms with E-state index < -0.39 is 0 Å². The normalized spacial score (nSPS) is 14.9. The van der Waals surface area contributed by atoms with Crippen molar-refractivity contribution in [2.24, 2.45) is 0 Å². The molecule has 1 N–H and O–H groups in total. The van der Waals surface area contributed by atoms with E-state index >= 15 is 0 Å². The number of piperazine rings is 1. The van der Waals surface area contributed by atoms with Crippen LogP contribution < -0.4 is 10.1 Å². The standard InChI is InChI=1S/C21H27N3O2/c1-26-20-10-6-5-9-19(20)17-22-21(25)24-15-13-23(14-16-24)12-11-18-7-3-2-4-8-18/h2-10H,11-17H2,1H3,(H,22,25). The van der Waals surface area contributed by atoms with Gasteiger partial charge in [0.2, 0.25) is 0 Å². The van der Waals surface area contributed by atoms with E-state index in [-0.39, 0.29) is 6.03 Å². The number of urea groups is 1. The Morgan fingerprint density at radius 2 is 1.69 bits per heavy atom. The predicted molar refractivity (Wildman–Crippen MR) is 103 cm³/mol. The Balaban J connectivity index is 1.40. The molecule has 138 valence electrons. The Hall–Kier alpha value is -2.53. The lowest BCUT2D eigenvalue weighted by molar-refractivity contribution is 0.140. The molecule has 0 aromatic heterocycles. The SMILES string of the molecule is COc1ccccc1CNC(=O)N1CCN(CCc2ccccc2)CC1. The summed E-state index contributed by atoms with van der Waals surface area (Å²) in [5.74, 6) is 0.804. The van der Waals surface area contributed by atoms with Crippen molar-refractivity contribution in [3.8, 4) is 5.75 Å². The van der Waals surface area contributed by atoms with E-state index in [4.69, 9.17) is 4.74 Å². The molecule has 5 nitrogen and oxygen atoms in total. The zero-order chi connectivity index (χ0) is 18.2. The first-order valence-corrected chi connectivity index (χ1v) is 9.17. The third kappa shape index (κ3) is 4.99. The fraction of sp³-hybridized carbons (Fsp3) is 0.381. The van der Waals surface area contributed by atoms with Gasteiger partial charge in [-0.05, 0) is 18.1 Å². The van der Waals surface area contributed by atoms with Crippen LogP contribution in [0.1, 0.15) is 11.1 Å². The van der Waals surface area contributed by atoms with Crippen molar-refractivity contribution < 1.29 is 9.53 Å². The second-order valence-electron chi connectivity index (χ2n) is 6.53. The Morgan fingerprint density at radius 3 is 2.42 bits per heavy atom. The summed E-state index contributed by atoms with van der Waals surface area (Å²) in [7, 11) is 1.65. The third-order valence-corrected chi connectivity index (χ3v) is 4.84. The van der Waals surface area contributed by atoms with Crippen LogP contribution >= 0.6 is 0 Å². The van der Waals surface area contributed by atoms with Gasteiger partial charge in [0.25, 0.3) is 0 Å². The summed E-state index contributed by atoms with van der Waals surface area (Å²) in [6, 6.07) is 18.3. The second-order valence-corrected chi connectivity index (χ2v) is 6.53. The minimum absolute atomic E-state index is 0.00128. The highest BCUT2D eigenvalue weighted by molar-refractivity contribution is 5.74. The number of para-hydroxylation sites is 1. The Morgan fingerprint density at radius 1 is 1.00 bits per heavy atom. The van der Waals surface area contributed by atoms with E-state index in [0.717, 1.165) is 50.5 Å². The van der Waals surface area contributed by atoms with Gasteiger partial charge < -0.3 is 15.0 Å². The van der Waals surface area contributed by atoms with Crippen LogP contribution in [0.15, 0.2) is 54.6 Å². The molecule has 2 aromatic rings. The number of methoxy groups -OCH3 is 1. The molecule has 0 atom stereocenters. The van der Waals surface area contributed by atoms with Crippen LogP contribution in [0.3, 0.4) is 0 Å². The molecule has 0 aliphatic carbocycles. The van der Waals surface area contributed by atoms with Crippen LogP contribution in [0, 0.1) is 0 Å². The molecular formula is C21H27N3O2. The average Bonchev–Trinajstić information content (AvgIpc) is 2.72. The van der Waals surface area contributed by atoms with Gasteiger partial charge in [-0.15, -0.1) is 0 Å². The third-order valence-electron chi connectivity index (χ3n) is 4.84. The molecule has 26 heavy (non-hydrogen) atoms. The summed E-state index contributed by atoms with van der Waals surface area (Å²) < 4.78 is 5.33. The minimum atomic E-state index is -0.00128. The largest absolute Gasteiger partial charge is 0.496 e. The minimum Gasteiger partial charge on any atom is -0.496 e. The fourth-order valence-electron chi connectivity index (χ4n) is 3.24. The van der Waals surface area contributed by atoms with Gasteiger partial charge in [-0.2, -0.15) is 0 Å². The number of nitrogens with one attached hydrogen (secondary N) is 1. The zero-order valence-corrected chi connectivity index (χ0v) is 15.4. The molecule has 1 aliphatic heterocycles. The van der Waals surface area contributed by atoms with Gasteiger partial charge in [-0.25, -0.2) is 4.79 Å². The number of rotatable bonds is 6. The van der Waals surface area contributed by atoms with Gasteiger partial charge >= 0.3 is 6.03 Å². The maximum atomic E-state index is 12.4. The summed E-state index contributed by atoms with van der Waals surface area (Å²) in [6.07, 6.45) is 1.06. The first-order chi connectivity index (χ1) is 12.8. The lowest BCUT2D eigenvalue weighted by Crippen LogP contribution is -2.51. The number of benzene rings is 2. The van der Waals surface area contributed by atoms with E-state index in [1.54, 1.807) is 7.11 Å². The lowest BCUT2D eigenvalue weighted by atomic mass is 10.1. The van der Waals surface area contributed by atoms with Gasteiger partial charge in [-0.3, -0.25) is 4.90 Å². The summed E-state index contributed by atoms with van der Waals surface area (Å²) in [5, 5.41) is 3.00. The van der Waals surface area contributed by atoms with Crippen molar-refractivity contribution in [3.05, 3.63) is 65.7 Å². The molecule has 0 bridgehead atoms. The van der Waals surface area contributed by atoms with E-state index in [9.17, 15) is 4.79 Å². The maximum absolute atomic E-state index is 12.4. The first kappa shape index (κ1) is 18.3. The van der Waals surface area contributed by atoms with E-state index in [1.165, 1.54) is 5.56 Å². The molecule has 2 aromatic carbocycles. The van der Waals surface area contributed by atoms with Crippen LogP contribution in [0.4, 0.5) is 4.79 Å². The van der Waals surface area contributed by atoms with Crippen LogP contribution in [0.5, 0.6) is 5.75 Å². The topological polar surface area (TPSA) is 44.8 Å². The molecule has 5 heteroatoms. The molecule has 3 rings (SSSR count). The van der Waals surface area contributed by atoms with E-state index in [2.05, 4.69) is 34.5 Å². The van der Waals surface area contributed by atoms with Crippen LogP contribution in [0.2, 0.25) is 0 Å². The van der Waals surface area contributed by atoms with Crippen molar-refractivity contribution in [1.82, 2.24) is 15.1 Å². The molecule has 2 amide bonds. The van der Waals surface area contributed by atoms with Crippen molar-refractivity contribution in [2.75, 3.05) is 39.8 Å². The fourth-order valence-corrected chi connectivity index (χ4v) is 3.24. The van der Waals surface area contributed by atoms with E-state index in [0.29, 0.717) is 6.54 Å². The maximum Gasteiger partial charge on any atom is 0.317 e. The number of nitrogens with zero attached hydrogens (tertiary/aromatic N) is 2. The smallest absolute Gasteiger partial charge is 0.317 e. The summed E-state index contributed by atoms with van der Waals surface area (Å²) >= 11 is 0. The highest BCUT2D eigenvalue weighted by Crippen LogP contribution is 2.16. The second kappa shape index (κ2) is 9.25. The molecule has 1 aliphatic rings. The van der Waals surface area contributed by atoms with Crippen LogP contribution in [0.25, 0.3) is 0 Å². The zero-order valence-electron chi connectivity index (χ0n) is 15.4. The highest BCUT2D eigenvalue weighted by atomic mass is 16.5. The van der Waals surface area contributed by atoms with Crippen molar-refractivity contribution in [2.45, 2.75) is 13.0 Å². The molecule has 0 saturated carbocycles. The van der Waals surface area contributed by atoms with Crippen LogP contribution in [-0.2, 0) is 13.0 Å². The number of hydrogen-bond acceptors (Lipinski definition) is 3. The monoisotopic (exact) mass is 353 g/mol. The Kier molecular flexibility index (Phi) is 6.50. The molecule has 0 unspecified atom stereocenters. The molecular weight excluding hydrogens is 326 g/mol. The number of carbonyl (C=O) groups is 1. The number of ether oxygens (including phenoxy) is 1. The van der Waals surface area contributed by atoms with Gasteiger partial charge in [0, 0.05) is 44.8 Å². The molecule has 0 radical (unpaired) electrons. The summed E-state index contributed by atoms with van der Waals surface area (Å²) in [6.45, 7) is 4.92. The molecule has 1 fully saturated rings. The van der Waals surface area contributed by atoms with Gasteiger partial charge in [0.1, 0.15) is 5.75 Å². The van der Waals surface area contributed by atoms with E-state index in [1.807, 2.05) is 35.2 Å². The predicted octanol–water partition coefficient (Wildman–Crippen LogP) is 2.77. The average molecular weight is 353 g/mol. The van der Waals surface area contributed by atoms with Crippen LogP contribution in [-0.4, -0.2) is 55.7 Å². The van der Waals surface area contributed by atoms with Gasteiger partial charge in [0.05, 0.1) is 7.11 Å². The first-order valence-electron chi connectivity index (χ1n) is 9.17. The lowest BCUT2D eigenvalue weighted by Gasteiger charge is -2.34. The Bertz CT molecular complexity index is 697. The number of amides is 2.